The van der Waals surface area contributed by atoms with E-state index in [1.54, 1.807) is 36.4 Å². The predicted molar refractivity (Wildman–Crippen MR) is 79.3 cm³/mol. The number of carbonyl (C=O) groups excluding carboxylic acids is 1. The molecule has 21 heavy (non-hydrogen) atoms. The van der Waals surface area contributed by atoms with Crippen LogP contribution >= 0.6 is 0 Å². The Balaban J connectivity index is 2.46. The fraction of sp³-hybridized carbons (Fsp3) is 0.125. The Hall–Kier alpha value is -2.82. The summed E-state index contributed by atoms with van der Waals surface area (Å²) < 4.78 is 0. The molecule has 0 saturated carbocycles. The number of rotatable bonds is 5. The lowest BCUT2D eigenvalue weighted by atomic mass is 10.0. The maximum absolute atomic E-state index is 11.3. The Labute approximate surface area is 121 Å². The van der Waals surface area contributed by atoms with Gasteiger partial charge in [0.25, 0.3) is 0 Å². The van der Waals surface area contributed by atoms with E-state index in [0.29, 0.717) is 11.8 Å². The molecule has 1 unspecified atom stereocenters. The van der Waals surface area contributed by atoms with Gasteiger partial charge in [-0.05, 0) is 34.5 Å². The van der Waals surface area contributed by atoms with Crippen LogP contribution in [0, 0.1) is 0 Å². The summed E-state index contributed by atoms with van der Waals surface area (Å²) in [6.07, 6.45) is 0.848. The van der Waals surface area contributed by atoms with E-state index in [-0.39, 0.29) is 12.3 Å². The second-order valence-corrected chi connectivity index (χ2v) is 4.60. The molecular weight excluding hydrogens is 270 g/mol. The van der Waals surface area contributed by atoms with E-state index in [0.717, 1.165) is 15.7 Å². The maximum atomic E-state index is 11.3. The first kappa shape index (κ1) is 14.6. The van der Waals surface area contributed by atoms with Gasteiger partial charge in [-0.25, -0.2) is 4.79 Å². The second-order valence-electron chi connectivity index (χ2n) is 4.60. The Bertz CT molecular complexity index is 696. The van der Waals surface area contributed by atoms with Crippen molar-refractivity contribution in [3.63, 3.8) is 0 Å². The number of phenols is 1. The lowest BCUT2D eigenvalue weighted by Gasteiger charge is -2.24. The first-order chi connectivity index (χ1) is 10.1. The number of benzene rings is 2. The molecule has 5 nitrogen and oxygen atoms in total. The SMILES string of the molecule is C=CCN(C(=O)O)C(C=O)c1ccc2cc(O)ccc2c1. The second kappa shape index (κ2) is 6.09. The van der Waals surface area contributed by atoms with Crippen LogP contribution in [0.15, 0.2) is 49.1 Å². The Kier molecular flexibility index (Phi) is 4.23. The van der Waals surface area contributed by atoms with Crippen LogP contribution in [0.1, 0.15) is 11.6 Å². The molecular formula is C16H15NO4. The molecule has 108 valence electrons. The van der Waals surface area contributed by atoms with Gasteiger partial charge < -0.3 is 15.0 Å². The van der Waals surface area contributed by atoms with Crippen molar-refractivity contribution in [2.24, 2.45) is 0 Å². The van der Waals surface area contributed by atoms with E-state index in [4.69, 9.17) is 0 Å². The molecule has 2 aromatic carbocycles. The number of fused-ring (bicyclic) bond motifs is 1. The highest BCUT2D eigenvalue weighted by molar-refractivity contribution is 5.85. The summed E-state index contributed by atoms with van der Waals surface area (Å²) >= 11 is 0. The fourth-order valence-corrected chi connectivity index (χ4v) is 2.22. The predicted octanol–water partition coefficient (Wildman–Crippen LogP) is 2.95. The van der Waals surface area contributed by atoms with E-state index < -0.39 is 12.1 Å². The molecule has 0 fully saturated rings. The van der Waals surface area contributed by atoms with Crippen molar-refractivity contribution >= 4 is 23.2 Å². The molecule has 0 bridgehead atoms. The topological polar surface area (TPSA) is 77.8 Å². The van der Waals surface area contributed by atoms with Gasteiger partial charge in [-0.2, -0.15) is 0 Å². The van der Waals surface area contributed by atoms with Gasteiger partial charge in [0.1, 0.15) is 18.1 Å². The third-order valence-corrected chi connectivity index (χ3v) is 3.23. The summed E-state index contributed by atoms with van der Waals surface area (Å²) in [5, 5.41) is 20.3. The van der Waals surface area contributed by atoms with Gasteiger partial charge in [-0.1, -0.05) is 24.3 Å². The number of hydrogen-bond donors (Lipinski definition) is 2. The van der Waals surface area contributed by atoms with Gasteiger partial charge in [0.2, 0.25) is 0 Å². The summed E-state index contributed by atoms with van der Waals surface area (Å²) in [6.45, 7) is 3.57. The van der Waals surface area contributed by atoms with Gasteiger partial charge in [-0.3, -0.25) is 4.90 Å². The fourth-order valence-electron chi connectivity index (χ4n) is 2.22. The van der Waals surface area contributed by atoms with Crippen molar-refractivity contribution in [3.8, 4) is 5.75 Å². The zero-order valence-corrected chi connectivity index (χ0v) is 11.3. The molecule has 2 aromatic rings. The van der Waals surface area contributed by atoms with Crippen molar-refractivity contribution in [2.45, 2.75) is 6.04 Å². The lowest BCUT2D eigenvalue weighted by molar-refractivity contribution is -0.112. The van der Waals surface area contributed by atoms with Crippen LogP contribution in [0.5, 0.6) is 5.75 Å². The van der Waals surface area contributed by atoms with Crippen LogP contribution in [0.2, 0.25) is 0 Å². The zero-order valence-electron chi connectivity index (χ0n) is 11.3. The number of amides is 1. The first-order valence-corrected chi connectivity index (χ1v) is 6.35. The molecule has 0 aliphatic rings. The molecule has 0 saturated heterocycles. The molecule has 0 aliphatic carbocycles. The van der Waals surface area contributed by atoms with Crippen LogP contribution in [0.3, 0.4) is 0 Å². The number of phenolic OH excluding ortho intramolecular Hbond substituents is 1. The number of nitrogens with zero attached hydrogens (tertiary/aromatic N) is 1. The Morgan fingerprint density at radius 2 is 1.90 bits per heavy atom. The van der Waals surface area contributed by atoms with Gasteiger partial charge >= 0.3 is 6.09 Å². The Morgan fingerprint density at radius 1 is 1.24 bits per heavy atom. The lowest BCUT2D eigenvalue weighted by Crippen LogP contribution is -2.34. The van der Waals surface area contributed by atoms with Crippen molar-refractivity contribution in [2.75, 3.05) is 6.54 Å². The third-order valence-electron chi connectivity index (χ3n) is 3.23. The standard InChI is InChI=1S/C16H15NO4/c1-2-7-17(16(20)21)15(10-18)13-4-3-12-9-14(19)6-5-11(12)8-13/h2-6,8-10,15,19H,1,7H2,(H,20,21). The highest BCUT2D eigenvalue weighted by Crippen LogP contribution is 2.26. The van der Waals surface area contributed by atoms with Crippen LogP contribution in [0.4, 0.5) is 4.79 Å². The highest BCUT2D eigenvalue weighted by Gasteiger charge is 2.23. The molecule has 5 heteroatoms. The molecule has 0 spiro atoms. The number of aromatic hydroxyl groups is 1. The molecule has 0 radical (unpaired) electrons. The summed E-state index contributed by atoms with van der Waals surface area (Å²) in [5.74, 6) is 0.154. The average molecular weight is 285 g/mol. The van der Waals surface area contributed by atoms with E-state index in [1.807, 2.05) is 0 Å². The minimum Gasteiger partial charge on any atom is -0.508 e. The minimum atomic E-state index is -1.18. The molecule has 1 atom stereocenters. The molecule has 1 amide bonds. The van der Waals surface area contributed by atoms with Gasteiger partial charge in [0.05, 0.1) is 0 Å². The normalized spacial score (nSPS) is 11.8. The van der Waals surface area contributed by atoms with Crippen LogP contribution in [-0.2, 0) is 4.79 Å². The van der Waals surface area contributed by atoms with E-state index in [9.17, 15) is 19.8 Å². The monoisotopic (exact) mass is 285 g/mol. The first-order valence-electron chi connectivity index (χ1n) is 6.35. The molecule has 0 aliphatic heterocycles. The van der Waals surface area contributed by atoms with Gasteiger partial charge in [-0.15, -0.1) is 6.58 Å². The smallest absolute Gasteiger partial charge is 0.408 e. The van der Waals surface area contributed by atoms with Crippen molar-refractivity contribution in [3.05, 3.63) is 54.6 Å². The molecule has 2 rings (SSSR count). The maximum Gasteiger partial charge on any atom is 0.408 e. The van der Waals surface area contributed by atoms with Crippen LogP contribution in [0.25, 0.3) is 10.8 Å². The van der Waals surface area contributed by atoms with Crippen molar-refractivity contribution < 1.29 is 19.8 Å². The van der Waals surface area contributed by atoms with E-state index in [1.165, 1.54) is 6.08 Å². The summed E-state index contributed by atoms with van der Waals surface area (Å²) in [5.41, 5.74) is 0.576. The zero-order chi connectivity index (χ0) is 15.4. The highest BCUT2D eigenvalue weighted by atomic mass is 16.4. The molecule has 0 heterocycles. The number of aldehydes is 1. The summed E-state index contributed by atoms with van der Waals surface area (Å²) in [7, 11) is 0. The largest absolute Gasteiger partial charge is 0.508 e. The molecule has 2 N–H and O–H groups in total. The van der Waals surface area contributed by atoms with Crippen molar-refractivity contribution in [1.82, 2.24) is 4.90 Å². The number of hydrogen-bond acceptors (Lipinski definition) is 3. The average Bonchev–Trinajstić information content (AvgIpc) is 2.47. The minimum absolute atomic E-state index is 0.0619. The third kappa shape index (κ3) is 3.02. The van der Waals surface area contributed by atoms with Crippen LogP contribution in [-0.4, -0.2) is 34.0 Å². The number of carbonyl (C=O) groups is 2. The number of carboxylic acid groups (broad SMARTS) is 1. The van der Waals surface area contributed by atoms with Gasteiger partial charge in [0.15, 0.2) is 0 Å². The summed E-state index contributed by atoms with van der Waals surface area (Å²) in [6, 6.07) is 9.14. The quantitative estimate of drug-likeness (QED) is 0.654. The van der Waals surface area contributed by atoms with E-state index >= 15 is 0 Å². The Morgan fingerprint density at radius 3 is 2.52 bits per heavy atom. The van der Waals surface area contributed by atoms with Gasteiger partial charge in [0, 0.05) is 6.54 Å². The van der Waals surface area contributed by atoms with E-state index in [2.05, 4.69) is 6.58 Å². The van der Waals surface area contributed by atoms with Crippen molar-refractivity contribution in [1.29, 1.82) is 0 Å². The van der Waals surface area contributed by atoms with Crippen LogP contribution < -0.4 is 0 Å². The summed E-state index contributed by atoms with van der Waals surface area (Å²) in [4.78, 5) is 23.6. The molecule has 0 aromatic heterocycles.